The van der Waals surface area contributed by atoms with Crippen LogP contribution in [0.25, 0.3) is 0 Å². The molecule has 0 bridgehead atoms. The van der Waals surface area contributed by atoms with Crippen LogP contribution < -0.4 is 10.1 Å². The quantitative estimate of drug-likeness (QED) is 0.912. The van der Waals surface area contributed by atoms with Gasteiger partial charge in [-0.25, -0.2) is 4.98 Å². The number of amides is 2. The van der Waals surface area contributed by atoms with Crippen molar-refractivity contribution >= 4 is 11.8 Å². The maximum atomic E-state index is 12.5. The van der Waals surface area contributed by atoms with Gasteiger partial charge in [0.15, 0.2) is 0 Å². The van der Waals surface area contributed by atoms with Crippen LogP contribution in [0.15, 0.2) is 42.6 Å². The average Bonchev–Trinajstić information content (AvgIpc) is 2.60. The summed E-state index contributed by atoms with van der Waals surface area (Å²) in [6.45, 7) is 0.422. The molecule has 0 saturated heterocycles. The van der Waals surface area contributed by atoms with E-state index in [9.17, 15) is 9.59 Å². The molecule has 0 aliphatic rings. The molecule has 2 aromatic rings. The molecule has 0 saturated carbocycles. The van der Waals surface area contributed by atoms with Gasteiger partial charge >= 0.3 is 0 Å². The van der Waals surface area contributed by atoms with Gasteiger partial charge < -0.3 is 15.0 Å². The van der Waals surface area contributed by atoms with Crippen molar-refractivity contribution < 1.29 is 14.3 Å². The van der Waals surface area contributed by atoms with Crippen molar-refractivity contribution in [1.82, 2.24) is 15.2 Å². The molecule has 2 amide bonds. The predicted molar refractivity (Wildman–Crippen MR) is 86.4 cm³/mol. The molecule has 0 aliphatic heterocycles. The molecule has 0 unspecified atom stereocenters. The molecule has 1 N–H and O–H groups in total. The standard InChI is InChI=1S/C17H19N3O3/c1-18-15(21)13-8-6-12(7-9-13)11-20(2)17(22)14-5-4-10-19-16(14)23-3/h4-10H,11H2,1-3H3,(H,18,21). The molecule has 23 heavy (non-hydrogen) atoms. The number of pyridine rings is 1. The van der Waals surface area contributed by atoms with Crippen molar-refractivity contribution in [2.45, 2.75) is 6.54 Å². The SMILES string of the molecule is CNC(=O)c1ccc(CN(C)C(=O)c2cccnc2OC)cc1. The number of benzene rings is 1. The second-order valence-corrected chi connectivity index (χ2v) is 5.00. The average molecular weight is 313 g/mol. The van der Waals surface area contributed by atoms with Crippen molar-refractivity contribution in [3.8, 4) is 5.88 Å². The lowest BCUT2D eigenvalue weighted by molar-refractivity contribution is 0.0780. The summed E-state index contributed by atoms with van der Waals surface area (Å²) < 4.78 is 5.12. The van der Waals surface area contributed by atoms with Crippen molar-refractivity contribution in [3.05, 3.63) is 59.3 Å². The second-order valence-electron chi connectivity index (χ2n) is 5.00. The van der Waals surface area contributed by atoms with Gasteiger partial charge in [-0.3, -0.25) is 9.59 Å². The number of aromatic nitrogens is 1. The molecule has 0 radical (unpaired) electrons. The van der Waals surface area contributed by atoms with Gasteiger partial charge in [-0.2, -0.15) is 0 Å². The summed E-state index contributed by atoms with van der Waals surface area (Å²) in [5.41, 5.74) is 1.93. The summed E-state index contributed by atoms with van der Waals surface area (Å²) in [6.07, 6.45) is 1.58. The van der Waals surface area contributed by atoms with Gasteiger partial charge in [-0.1, -0.05) is 12.1 Å². The van der Waals surface area contributed by atoms with Crippen molar-refractivity contribution in [1.29, 1.82) is 0 Å². The smallest absolute Gasteiger partial charge is 0.259 e. The monoisotopic (exact) mass is 313 g/mol. The van der Waals surface area contributed by atoms with Crippen LogP contribution in [0.3, 0.4) is 0 Å². The van der Waals surface area contributed by atoms with E-state index < -0.39 is 0 Å². The third-order valence-corrected chi connectivity index (χ3v) is 3.40. The van der Waals surface area contributed by atoms with Gasteiger partial charge in [0, 0.05) is 32.4 Å². The summed E-state index contributed by atoms with van der Waals surface area (Å²) in [6, 6.07) is 10.5. The molecule has 0 aliphatic carbocycles. The number of nitrogens with one attached hydrogen (secondary N) is 1. The van der Waals surface area contributed by atoms with Crippen LogP contribution in [-0.4, -0.2) is 42.9 Å². The molecule has 6 heteroatoms. The predicted octanol–water partition coefficient (Wildman–Crippen LogP) is 1.72. The van der Waals surface area contributed by atoms with Crippen LogP contribution in [0.4, 0.5) is 0 Å². The number of methoxy groups -OCH3 is 1. The lowest BCUT2D eigenvalue weighted by Gasteiger charge is -2.18. The van der Waals surface area contributed by atoms with Crippen LogP contribution >= 0.6 is 0 Å². The molecular weight excluding hydrogens is 294 g/mol. The number of carbonyl (C=O) groups is 2. The number of nitrogens with zero attached hydrogens (tertiary/aromatic N) is 2. The van der Waals surface area contributed by atoms with Gasteiger partial charge in [0.25, 0.3) is 11.8 Å². The Morgan fingerprint density at radius 2 is 1.91 bits per heavy atom. The Bertz CT molecular complexity index is 698. The number of rotatable bonds is 5. The van der Waals surface area contributed by atoms with Crippen molar-refractivity contribution in [3.63, 3.8) is 0 Å². The van der Waals surface area contributed by atoms with Crippen LogP contribution in [0.1, 0.15) is 26.3 Å². The molecular formula is C17H19N3O3. The molecule has 1 aromatic carbocycles. The minimum atomic E-state index is -0.176. The largest absolute Gasteiger partial charge is 0.480 e. The summed E-state index contributed by atoms with van der Waals surface area (Å²) in [4.78, 5) is 29.6. The van der Waals surface area contributed by atoms with E-state index in [1.807, 2.05) is 12.1 Å². The highest BCUT2D eigenvalue weighted by Crippen LogP contribution is 2.17. The van der Waals surface area contributed by atoms with E-state index in [2.05, 4.69) is 10.3 Å². The molecule has 1 aromatic heterocycles. The maximum Gasteiger partial charge on any atom is 0.259 e. The minimum Gasteiger partial charge on any atom is -0.480 e. The van der Waals surface area contributed by atoms with Gasteiger partial charge in [-0.15, -0.1) is 0 Å². The highest BCUT2D eigenvalue weighted by molar-refractivity contribution is 5.96. The van der Waals surface area contributed by atoms with E-state index in [1.165, 1.54) is 7.11 Å². The van der Waals surface area contributed by atoms with Gasteiger partial charge in [0.2, 0.25) is 5.88 Å². The molecule has 6 nitrogen and oxygen atoms in total. The van der Waals surface area contributed by atoms with Crippen LogP contribution in [0, 0.1) is 0 Å². The Morgan fingerprint density at radius 1 is 1.22 bits per heavy atom. The highest BCUT2D eigenvalue weighted by atomic mass is 16.5. The first-order chi connectivity index (χ1) is 11.1. The fraction of sp³-hybridized carbons (Fsp3) is 0.235. The Balaban J connectivity index is 2.10. The first-order valence-corrected chi connectivity index (χ1v) is 7.12. The molecule has 2 rings (SSSR count). The second kappa shape index (κ2) is 7.40. The Labute approximate surface area is 135 Å². The zero-order valence-corrected chi connectivity index (χ0v) is 13.4. The van der Waals surface area contributed by atoms with Gasteiger partial charge in [0.1, 0.15) is 5.56 Å². The number of ether oxygens (including phenoxy) is 1. The summed E-state index contributed by atoms with van der Waals surface area (Å²) >= 11 is 0. The fourth-order valence-corrected chi connectivity index (χ4v) is 2.17. The Morgan fingerprint density at radius 3 is 2.52 bits per heavy atom. The lowest BCUT2D eigenvalue weighted by atomic mass is 10.1. The summed E-state index contributed by atoms with van der Waals surface area (Å²) in [5.74, 6) is -0.00859. The Hall–Kier alpha value is -2.89. The number of hydrogen-bond acceptors (Lipinski definition) is 4. The van der Waals surface area contributed by atoms with Gasteiger partial charge in [-0.05, 0) is 29.8 Å². The number of hydrogen-bond donors (Lipinski definition) is 1. The molecule has 0 spiro atoms. The summed E-state index contributed by atoms with van der Waals surface area (Å²) in [5, 5.41) is 2.57. The normalized spacial score (nSPS) is 10.0. The van der Waals surface area contributed by atoms with Crippen LogP contribution in [-0.2, 0) is 6.54 Å². The first kappa shape index (κ1) is 16.5. The highest BCUT2D eigenvalue weighted by Gasteiger charge is 2.17. The first-order valence-electron chi connectivity index (χ1n) is 7.12. The molecule has 120 valence electrons. The third-order valence-electron chi connectivity index (χ3n) is 3.40. The van der Waals surface area contributed by atoms with Crippen molar-refractivity contribution in [2.24, 2.45) is 0 Å². The van der Waals surface area contributed by atoms with E-state index in [1.54, 1.807) is 49.5 Å². The van der Waals surface area contributed by atoms with E-state index in [4.69, 9.17) is 4.74 Å². The summed E-state index contributed by atoms with van der Waals surface area (Å²) in [7, 11) is 4.78. The Kier molecular flexibility index (Phi) is 5.30. The third kappa shape index (κ3) is 3.85. The zero-order valence-electron chi connectivity index (χ0n) is 13.4. The van der Waals surface area contributed by atoms with E-state index in [0.717, 1.165) is 5.56 Å². The fourth-order valence-electron chi connectivity index (χ4n) is 2.17. The van der Waals surface area contributed by atoms with E-state index in [0.29, 0.717) is 23.6 Å². The van der Waals surface area contributed by atoms with Crippen LogP contribution in [0.2, 0.25) is 0 Å². The van der Waals surface area contributed by atoms with E-state index >= 15 is 0 Å². The molecule has 0 fully saturated rings. The molecule has 0 atom stereocenters. The van der Waals surface area contributed by atoms with Crippen LogP contribution in [0.5, 0.6) is 5.88 Å². The lowest BCUT2D eigenvalue weighted by Crippen LogP contribution is -2.27. The van der Waals surface area contributed by atoms with E-state index in [-0.39, 0.29) is 11.8 Å². The molecule has 1 heterocycles. The zero-order chi connectivity index (χ0) is 16.8. The topological polar surface area (TPSA) is 71.5 Å². The number of carbonyl (C=O) groups excluding carboxylic acids is 2. The maximum absolute atomic E-state index is 12.5. The van der Waals surface area contributed by atoms with Gasteiger partial charge in [0.05, 0.1) is 7.11 Å². The minimum absolute atomic E-state index is 0.138. The van der Waals surface area contributed by atoms with Crippen molar-refractivity contribution in [2.75, 3.05) is 21.2 Å².